The lowest BCUT2D eigenvalue weighted by Gasteiger charge is -2.16. The van der Waals surface area contributed by atoms with Gasteiger partial charge in [0.15, 0.2) is 6.61 Å². The minimum absolute atomic E-state index is 0.0795. The number of sulfonamides is 1. The second kappa shape index (κ2) is 8.41. The van der Waals surface area contributed by atoms with Gasteiger partial charge in [0.1, 0.15) is 5.75 Å². The van der Waals surface area contributed by atoms with E-state index in [2.05, 4.69) is 5.32 Å². The fourth-order valence-electron chi connectivity index (χ4n) is 2.44. The molecule has 0 aliphatic heterocycles. The van der Waals surface area contributed by atoms with Gasteiger partial charge in [0, 0.05) is 19.8 Å². The van der Waals surface area contributed by atoms with Gasteiger partial charge >= 0.3 is 0 Å². The monoisotopic (exact) mass is 405 g/mol. The Morgan fingerprint density at radius 1 is 1.14 bits per heavy atom. The van der Waals surface area contributed by atoms with E-state index >= 15 is 0 Å². The van der Waals surface area contributed by atoms with Crippen molar-refractivity contribution in [1.29, 1.82) is 0 Å². The fraction of sp³-hybridized carbons (Fsp3) is 0.263. The zero-order valence-electron chi connectivity index (χ0n) is 16.1. The van der Waals surface area contributed by atoms with Crippen LogP contribution in [0.25, 0.3) is 0 Å². The summed E-state index contributed by atoms with van der Waals surface area (Å²) in [4.78, 5) is 23.8. The van der Waals surface area contributed by atoms with Crippen LogP contribution in [0.4, 0.5) is 5.69 Å². The van der Waals surface area contributed by atoms with Crippen molar-refractivity contribution >= 4 is 27.5 Å². The Labute approximate surface area is 164 Å². The maximum absolute atomic E-state index is 12.4. The molecule has 0 saturated carbocycles. The van der Waals surface area contributed by atoms with Crippen LogP contribution in [0.5, 0.6) is 5.75 Å². The smallest absolute Gasteiger partial charge is 0.262 e. The molecule has 0 spiro atoms. The standard InChI is InChI=1S/C19H23N3O5S/c1-12-9-14(28(25,26)22(3)4)10-16(13(12)2)21-18(23)11-27-17-8-6-5-7-15(17)19(20)24/h5-10H,11H2,1-4H3,(H2,20,24)(H,21,23). The number of anilines is 1. The molecule has 9 heteroatoms. The normalized spacial score (nSPS) is 11.3. The summed E-state index contributed by atoms with van der Waals surface area (Å²) in [6.45, 7) is 3.17. The van der Waals surface area contributed by atoms with E-state index in [4.69, 9.17) is 10.5 Å². The zero-order chi connectivity index (χ0) is 21.1. The summed E-state index contributed by atoms with van der Waals surface area (Å²) in [6.07, 6.45) is 0. The highest BCUT2D eigenvalue weighted by molar-refractivity contribution is 7.89. The van der Waals surface area contributed by atoms with Gasteiger partial charge in [-0.2, -0.15) is 0 Å². The van der Waals surface area contributed by atoms with Crippen LogP contribution in [0.3, 0.4) is 0 Å². The minimum atomic E-state index is -3.65. The van der Waals surface area contributed by atoms with Crippen LogP contribution in [0.2, 0.25) is 0 Å². The number of ether oxygens (including phenoxy) is 1. The van der Waals surface area contributed by atoms with E-state index in [-0.39, 0.29) is 22.8 Å². The van der Waals surface area contributed by atoms with Crippen molar-refractivity contribution in [3.63, 3.8) is 0 Å². The summed E-state index contributed by atoms with van der Waals surface area (Å²) >= 11 is 0. The van der Waals surface area contributed by atoms with Gasteiger partial charge in [0.2, 0.25) is 10.0 Å². The summed E-state index contributed by atoms with van der Waals surface area (Å²) in [7, 11) is -0.771. The molecule has 28 heavy (non-hydrogen) atoms. The molecule has 0 unspecified atom stereocenters. The molecule has 3 N–H and O–H groups in total. The topological polar surface area (TPSA) is 119 Å². The third kappa shape index (κ3) is 4.68. The summed E-state index contributed by atoms with van der Waals surface area (Å²) in [5, 5.41) is 2.66. The van der Waals surface area contributed by atoms with Gasteiger partial charge in [-0.3, -0.25) is 9.59 Å². The molecule has 0 aliphatic carbocycles. The van der Waals surface area contributed by atoms with Gasteiger partial charge in [-0.1, -0.05) is 12.1 Å². The SMILES string of the molecule is Cc1cc(S(=O)(=O)N(C)C)cc(NC(=O)COc2ccccc2C(N)=O)c1C. The number of rotatable bonds is 7. The van der Waals surface area contributed by atoms with Gasteiger partial charge in [-0.15, -0.1) is 0 Å². The van der Waals surface area contributed by atoms with Crippen molar-refractivity contribution in [3.05, 3.63) is 53.1 Å². The number of primary amides is 1. The first-order chi connectivity index (χ1) is 13.0. The number of carbonyl (C=O) groups is 2. The molecule has 2 rings (SSSR count). The first-order valence-corrected chi connectivity index (χ1v) is 9.83. The molecule has 0 heterocycles. The molecule has 0 radical (unpaired) electrons. The highest BCUT2D eigenvalue weighted by Crippen LogP contribution is 2.25. The third-order valence-corrected chi connectivity index (χ3v) is 6.00. The second-order valence-electron chi connectivity index (χ2n) is 6.40. The molecule has 8 nitrogen and oxygen atoms in total. The van der Waals surface area contributed by atoms with Gasteiger partial charge in [-0.05, 0) is 49.2 Å². The Hall–Kier alpha value is -2.91. The number of aryl methyl sites for hydroxylation is 1. The number of benzene rings is 2. The van der Waals surface area contributed by atoms with E-state index in [1.54, 1.807) is 32.0 Å². The first kappa shape index (κ1) is 21.4. The van der Waals surface area contributed by atoms with E-state index in [1.165, 1.54) is 32.3 Å². The maximum Gasteiger partial charge on any atom is 0.262 e. The Bertz CT molecular complexity index is 1020. The molecule has 0 aliphatic rings. The van der Waals surface area contributed by atoms with Crippen molar-refractivity contribution in [2.24, 2.45) is 5.73 Å². The second-order valence-corrected chi connectivity index (χ2v) is 8.55. The molecule has 0 bridgehead atoms. The van der Waals surface area contributed by atoms with Gasteiger partial charge in [0.05, 0.1) is 10.5 Å². The number of hydrogen-bond acceptors (Lipinski definition) is 5. The zero-order valence-corrected chi connectivity index (χ0v) is 17.0. The molecule has 0 atom stereocenters. The number of hydrogen-bond donors (Lipinski definition) is 2. The summed E-state index contributed by atoms with van der Waals surface area (Å²) < 4.78 is 31.3. The van der Waals surface area contributed by atoms with Crippen LogP contribution in [-0.4, -0.2) is 45.2 Å². The Morgan fingerprint density at radius 3 is 2.39 bits per heavy atom. The van der Waals surface area contributed by atoms with Crippen LogP contribution >= 0.6 is 0 Å². The predicted octanol–water partition coefficient (Wildman–Crippen LogP) is 1.67. The Morgan fingerprint density at radius 2 is 1.79 bits per heavy atom. The number of nitrogens with zero attached hydrogens (tertiary/aromatic N) is 1. The van der Waals surface area contributed by atoms with Gasteiger partial charge in [0.25, 0.3) is 11.8 Å². The molecule has 2 amide bonds. The quantitative estimate of drug-likeness (QED) is 0.726. The lowest BCUT2D eigenvalue weighted by molar-refractivity contribution is -0.118. The largest absolute Gasteiger partial charge is 0.483 e. The van der Waals surface area contributed by atoms with Crippen molar-refractivity contribution in [2.45, 2.75) is 18.7 Å². The molecule has 0 aromatic heterocycles. The minimum Gasteiger partial charge on any atom is -0.483 e. The van der Waals surface area contributed by atoms with Crippen LogP contribution < -0.4 is 15.8 Å². The van der Waals surface area contributed by atoms with E-state index < -0.39 is 21.8 Å². The molecule has 2 aromatic carbocycles. The van der Waals surface area contributed by atoms with E-state index in [1.807, 2.05) is 0 Å². The number of nitrogens with one attached hydrogen (secondary N) is 1. The van der Waals surface area contributed by atoms with Crippen LogP contribution in [0.15, 0.2) is 41.3 Å². The van der Waals surface area contributed by atoms with Crippen molar-refractivity contribution in [2.75, 3.05) is 26.0 Å². The lowest BCUT2D eigenvalue weighted by Crippen LogP contribution is -2.24. The number of amides is 2. The molecule has 150 valence electrons. The Kier molecular flexibility index (Phi) is 6.42. The summed E-state index contributed by atoms with van der Waals surface area (Å²) in [5.41, 5.74) is 7.28. The molecule has 2 aromatic rings. The highest BCUT2D eigenvalue weighted by Gasteiger charge is 2.20. The summed E-state index contributed by atoms with van der Waals surface area (Å²) in [6, 6.07) is 9.29. The summed E-state index contributed by atoms with van der Waals surface area (Å²) in [5.74, 6) is -0.966. The van der Waals surface area contributed by atoms with Crippen LogP contribution in [0, 0.1) is 13.8 Å². The first-order valence-electron chi connectivity index (χ1n) is 8.39. The van der Waals surface area contributed by atoms with Gasteiger partial charge in [-0.25, -0.2) is 12.7 Å². The van der Waals surface area contributed by atoms with Crippen LogP contribution in [0.1, 0.15) is 21.5 Å². The number of carbonyl (C=O) groups excluding carboxylic acids is 2. The molecule has 0 fully saturated rings. The average molecular weight is 405 g/mol. The number of para-hydroxylation sites is 1. The molecule has 0 saturated heterocycles. The van der Waals surface area contributed by atoms with E-state index in [0.717, 1.165) is 15.4 Å². The van der Waals surface area contributed by atoms with Crippen molar-refractivity contribution < 1.29 is 22.7 Å². The lowest BCUT2D eigenvalue weighted by atomic mass is 10.1. The average Bonchev–Trinajstić information content (AvgIpc) is 2.63. The maximum atomic E-state index is 12.4. The van der Waals surface area contributed by atoms with E-state index in [9.17, 15) is 18.0 Å². The molecular formula is C19H23N3O5S. The van der Waals surface area contributed by atoms with Crippen molar-refractivity contribution in [1.82, 2.24) is 4.31 Å². The fourth-order valence-corrected chi connectivity index (χ4v) is 3.46. The molecular weight excluding hydrogens is 382 g/mol. The van der Waals surface area contributed by atoms with E-state index in [0.29, 0.717) is 5.69 Å². The van der Waals surface area contributed by atoms with Crippen molar-refractivity contribution in [3.8, 4) is 5.75 Å². The highest BCUT2D eigenvalue weighted by atomic mass is 32.2. The third-order valence-electron chi connectivity index (χ3n) is 4.20. The van der Waals surface area contributed by atoms with Gasteiger partial charge < -0.3 is 15.8 Å². The number of nitrogens with two attached hydrogens (primary N) is 1. The Balaban J connectivity index is 2.21. The predicted molar refractivity (Wildman–Crippen MR) is 106 cm³/mol. The van der Waals surface area contributed by atoms with Crippen LogP contribution in [-0.2, 0) is 14.8 Å².